The van der Waals surface area contributed by atoms with Crippen molar-refractivity contribution in [3.05, 3.63) is 0 Å². The van der Waals surface area contributed by atoms with Gasteiger partial charge < -0.3 is 10.4 Å². The van der Waals surface area contributed by atoms with Crippen molar-refractivity contribution in [2.24, 2.45) is 0 Å². The van der Waals surface area contributed by atoms with Gasteiger partial charge in [-0.3, -0.25) is 9.80 Å². The van der Waals surface area contributed by atoms with Gasteiger partial charge in [-0.1, -0.05) is 13.8 Å². The molecular formula is C14H25N3O3S. The van der Waals surface area contributed by atoms with Gasteiger partial charge in [0.2, 0.25) is 0 Å². The van der Waals surface area contributed by atoms with Gasteiger partial charge in [-0.05, 0) is 25.8 Å². The summed E-state index contributed by atoms with van der Waals surface area (Å²) in [6.07, 6.45) is 3.28. The van der Waals surface area contributed by atoms with E-state index < -0.39 is 12.0 Å². The summed E-state index contributed by atoms with van der Waals surface area (Å²) in [5.41, 5.74) is 0. The molecule has 0 aromatic rings. The highest BCUT2D eigenvalue weighted by atomic mass is 32.2. The van der Waals surface area contributed by atoms with E-state index in [4.69, 9.17) is 0 Å². The number of urea groups is 1. The van der Waals surface area contributed by atoms with E-state index in [-0.39, 0.29) is 11.4 Å². The smallest absolute Gasteiger partial charge is 0.327 e. The van der Waals surface area contributed by atoms with Crippen molar-refractivity contribution in [1.29, 1.82) is 0 Å². The van der Waals surface area contributed by atoms with Gasteiger partial charge in [0.25, 0.3) is 0 Å². The van der Waals surface area contributed by atoms with Crippen LogP contribution in [0.4, 0.5) is 4.79 Å². The van der Waals surface area contributed by atoms with Crippen molar-refractivity contribution < 1.29 is 14.7 Å². The summed E-state index contributed by atoms with van der Waals surface area (Å²) >= 11 is 1.55. The second kappa shape index (κ2) is 7.35. The highest BCUT2D eigenvalue weighted by Crippen LogP contribution is 2.31. The number of aliphatic carboxylic acids is 1. The Labute approximate surface area is 130 Å². The third-order valence-electron chi connectivity index (χ3n) is 4.11. The number of nitrogens with zero attached hydrogens (tertiary/aromatic N) is 2. The number of carboxylic acids is 1. The van der Waals surface area contributed by atoms with Crippen LogP contribution >= 0.6 is 11.8 Å². The van der Waals surface area contributed by atoms with Crippen LogP contribution in [-0.4, -0.2) is 69.8 Å². The zero-order chi connectivity index (χ0) is 15.4. The predicted molar refractivity (Wildman–Crippen MR) is 83.5 cm³/mol. The lowest BCUT2D eigenvalue weighted by Crippen LogP contribution is -2.51. The molecule has 1 aliphatic carbocycles. The minimum atomic E-state index is -0.915. The minimum Gasteiger partial charge on any atom is -0.480 e. The third-order valence-corrected chi connectivity index (χ3v) is 5.56. The number of thioether (sulfide) groups is 1. The van der Waals surface area contributed by atoms with Gasteiger partial charge >= 0.3 is 12.0 Å². The molecule has 6 nitrogen and oxygen atoms in total. The molecule has 2 fully saturated rings. The van der Waals surface area contributed by atoms with E-state index in [0.29, 0.717) is 18.3 Å². The topological polar surface area (TPSA) is 72.9 Å². The first-order valence-corrected chi connectivity index (χ1v) is 8.78. The Balaban J connectivity index is 1.83. The molecule has 2 rings (SSSR count). The van der Waals surface area contributed by atoms with E-state index in [1.807, 2.05) is 6.92 Å². The average molecular weight is 315 g/mol. The monoisotopic (exact) mass is 315 g/mol. The summed E-state index contributed by atoms with van der Waals surface area (Å²) in [6.45, 7) is 6.52. The van der Waals surface area contributed by atoms with Gasteiger partial charge in [-0.15, -0.1) is 11.8 Å². The van der Waals surface area contributed by atoms with Crippen LogP contribution in [0.1, 0.15) is 33.1 Å². The first-order valence-electron chi connectivity index (χ1n) is 7.73. The molecule has 1 aliphatic heterocycles. The number of carboxylic acid groups (broad SMARTS) is 1. The van der Waals surface area contributed by atoms with E-state index in [0.717, 1.165) is 19.5 Å². The Morgan fingerprint density at radius 1 is 1.38 bits per heavy atom. The fourth-order valence-electron chi connectivity index (χ4n) is 2.78. The second-order valence-electron chi connectivity index (χ2n) is 5.55. The van der Waals surface area contributed by atoms with Gasteiger partial charge in [-0.25, -0.2) is 9.59 Å². The fourth-order valence-corrected chi connectivity index (χ4v) is 4.12. The zero-order valence-electron chi connectivity index (χ0n) is 12.7. The number of carbonyl (C=O) groups is 2. The molecule has 2 atom stereocenters. The lowest BCUT2D eigenvalue weighted by molar-refractivity contribution is -0.141. The van der Waals surface area contributed by atoms with E-state index >= 15 is 0 Å². The molecule has 1 saturated carbocycles. The molecule has 0 aromatic heterocycles. The van der Waals surface area contributed by atoms with Crippen LogP contribution in [-0.2, 0) is 4.79 Å². The molecule has 21 heavy (non-hydrogen) atoms. The van der Waals surface area contributed by atoms with Crippen LogP contribution in [0.15, 0.2) is 0 Å². The number of carbonyl (C=O) groups excluding carboxylic acids is 1. The van der Waals surface area contributed by atoms with E-state index in [1.165, 1.54) is 17.7 Å². The number of likely N-dealkylation sites (N-methyl/N-ethyl adjacent to an activating group) is 1. The Hall–Kier alpha value is -0.950. The normalized spacial score (nSPS) is 25.4. The first-order chi connectivity index (χ1) is 10.1. The Kier molecular flexibility index (Phi) is 5.75. The maximum absolute atomic E-state index is 12.3. The molecule has 0 aromatic carbocycles. The highest BCUT2D eigenvalue weighted by Gasteiger charge is 2.40. The van der Waals surface area contributed by atoms with Crippen molar-refractivity contribution in [2.75, 3.05) is 25.4 Å². The number of hydrogen-bond donors (Lipinski definition) is 2. The largest absolute Gasteiger partial charge is 0.480 e. The average Bonchev–Trinajstić information content (AvgIpc) is 3.20. The zero-order valence-corrected chi connectivity index (χ0v) is 13.6. The predicted octanol–water partition coefficient (Wildman–Crippen LogP) is 1.42. The molecule has 2 N–H and O–H groups in total. The van der Waals surface area contributed by atoms with Crippen molar-refractivity contribution in [3.63, 3.8) is 0 Å². The van der Waals surface area contributed by atoms with Crippen molar-refractivity contribution >= 4 is 23.8 Å². The van der Waals surface area contributed by atoms with Crippen molar-refractivity contribution in [1.82, 2.24) is 15.1 Å². The summed E-state index contributed by atoms with van der Waals surface area (Å²) in [6, 6.07) is -0.263. The fraction of sp³-hybridized carbons (Fsp3) is 0.857. The van der Waals surface area contributed by atoms with E-state index in [1.54, 1.807) is 11.8 Å². The van der Waals surface area contributed by atoms with Crippen molar-refractivity contribution in [3.8, 4) is 0 Å². The molecule has 0 spiro atoms. The molecule has 0 radical (unpaired) electrons. The third kappa shape index (κ3) is 4.03. The summed E-state index contributed by atoms with van der Waals surface area (Å²) in [5.74, 6) is -0.438. The number of hydrogen-bond acceptors (Lipinski definition) is 4. The number of rotatable bonds is 7. The van der Waals surface area contributed by atoms with Crippen LogP contribution in [0, 0.1) is 0 Å². The standard InChI is InChI=1S/C14H25N3O3S/c1-3-12-17(11(9-21-12)13(18)19)14(20)15-7-8-16(4-2)10-5-6-10/h10-12H,3-9H2,1-2H3,(H,15,20)(H,18,19). The quantitative estimate of drug-likeness (QED) is 0.743. The molecule has 7 heteroatoms. The number of nitrogens with one attached hydrogen (secondary N) is 1. The maximum atomic E-state index is 12.3. The van der Waals surface area contributed by atoms with Crippen LogP contribution in [0.25, 0.3) is 0 Å². The van der Waals surface area contributed by atoms with Gasteiger partial charge in [0.05, 0.1) is 5.37 Å². The summed E-state index contributed by atoms with van der Waals surface area (Å²) < 4.78 is 0. The highest BCUT2D eigenvalue weighted by molar-refractivity contribution is 8.00. The van der Waals surface area contributed by atoms with Crippen LogP contribution < -0.4 is 5.32 Å². The molecular weight excluding hydrogens is 290 g/mol. The summed E-state index contributed by atoms with van der Waals surface area (Å²) in [7, 11) is 0. The van der Waals surface area contributed by atoms with Crippen molar-refractivity contribution in [2.45, 2.75) is 50.6 Å². The lowest BCUT2D eigenvalue weighted by atomic mass is 10.3. The lowest BCUT2D eigenvalue weighted by Gasteiger charge is -2.27. The second-order valence-corrected chi connectivity index (χ2v) is 6.76. The van der Waals surface area contributed by atoms with Crippen LogP contribution in [0.3, 0.4) is 0 Å². The molecule has 2 unspecified atom stereocenters. The van der Waals surface area contributed by atoms with Gasteiger partial charge in [-0.2, -0.15) is 0 Å². The van der Waals surface area contributed by atoms with E-state index in [9.17, 15) is 14.7 Å². The Morgan fingerprint density at radius 2 is 2.10 bits per heavy atom. The minimum absolute atomic E-state index is 0.0307. The molecule has 2 aliphatic rings. The number of amides is 2. The Morgan fingerprint density at radius 3 is 2.62 bits per heavy atom. The van der Waals surface area contributed by atoms with Crippen LogP contribution in [0.2, 0.25) is 0 Å². The SMILES string of the molecule is CCC1SCC(C(=O)O)N1C(=O)NCCN(CC)C1CC1. The molecule has 1 saturated heterocycles. The van der Waals surface area contributed by atoms with Gasteiger partial charge in [0.1, 0.15) is 6.04 Å². The van der Waals surface area contributed by atoms with Crippen LogP contribution in [0.5, 0.6) is 0 Å². The van der Waals surface area contributed by atoms with E-state index in [2.05, 4.69) is 17.1 Å². The molecule has 2 amide bonds. The summed E-state index contributed by atoms with van der Waals surface area (Å²) in [4.78, 5) is 27.4. The maximum Gasteiger partial charge on any atom is 0.327 e. The molecule has 120 valence electrons. The summed E-state index contributed by atoms with van der Waals surface area (Å²) in [5, 5.41) is 12.1. The molecule has 0 bridgehead atoms. The molecule has 1 heterocycles. The Bertz CT molecular complexity index is 390. The van der Waals surface area contributed by atoms with Gasteiger partial charge in [0.15, 0.2) is 0 Å². The van der Waals surface area contributed by atoms with Gasteiger partial charge in [0, 0.05) is 24.9 Å². The first kappa shape index (κ1) is 16.4.